The fourth-order valence-corrected chi connectivity index (χ4v) is 5.62. The molecule has 0 N–H and O–H groups in total. The van der Waals surface area contributed by atoms with Crippen molar-refractivity contribution in [2.75, 3.05) is 0 Å². The molecule has 0 amide bonds. The molecule has 0 fully saturated rings. The Morgan fingerprint density at radius 2 is 0.652 bits per heavy atom. The van der Waals surface area contributed by atoms with E-state index in [1.807, 2.05) is 91.0 Å². The van der Waals surface area contributed by atoms with Gasteiger partial charge in [0.1, 0.15) is 37.9 Å². The number of hydrogen-bond acceptors (Lipinski definition) is 4. The number of ether oxygens (including phenoxy) is 4. The van der Waals surface area contributed by atoms with Crippen molar-refractivity contribution in [3.8, 4) is 23.0 Å². The standard InChI is InChI=1S/C42H34O4/c1-5-15-31(16-6-1)27-43-38-26-25-37-39(42(38)46-30-34-21-11-4-12-22-34)41(45-29-33-19-9-3-10-20-33)36-24-14-13-23-35(36)40(37)44-28-32-17-7-2-8-18-32/h1-26H,27-30H2. The lowest BCUT2D eigenvalue weighted by Gasteiger charge is -2.22. The molecule has 0 aliphatic rings. The van der Waals surface area contributed by atoms with Gasteiger partial charge in [-0.15, -0.1) is 0 Å². The lowest BCUT2D eigenvalue weighted by atomic mass is 9.99. The smallest absolute Gasteiger partial charge is 0.173 e. The Labute approximate surface area is 269 Å². The number of fused-ring (bicyclic) bond motifs is 2. The van der Waals surface area contributed by atoms with Crippen LogP contribution in [0.4, 0.5) is 0 Å². The van der Waals surface area contributed by atoms with Crippen molar-refractivity contribution in [1.29, 1.82) is 0 Å². The van der Waals surface area contributed by atoms with Crippen LogP contribution >= 0.6 is 0 Å². The quantitative estimate of drug-likeness (QED) is 0.130. The molecule has 7 rings (SSSR count). The van der Waals surface area contributed by atoms with Crippen molar-refractivity contribution < 1.29 is 18.9 Å². The van der Waals surface area contributed by atoms with E-state index in [0.29, 0.717) is 37.9 Å². The van der Waals surface area contributed by atoms with Gasteiger partial charge in [-0.2, -0.15) is 0 Å². The summed E-state index contributed by atoms with van der Waals surface area (Å²) in [4.78, 5) is 0. The maximum absolute atomic E-state index is 6.76. The Balaban J connectivity index is 1.41. The molecule has 4 nitrogen and oxygen atoms in total. The second kappa shape index (κ2) is 13.9. The van der Waals surface area contributed by atoms with Crippen molar-refractivity contribution in [1.82, 2.24) is 0 Å². The van der Waals surface area contributed by atoms with E-state index in [1.54, 1.807) is 0 Å². The highest BCUT2D eigenvalue weighted by molar-refractivity contribution is 6.13. The Morgan fingerprint density at radius 1 is 0.283 bits per heavy atom. The highest BCUT2D eigenvalue weighted by Crippen LogP contribution is 2.50. The maximum atomic E-state index is 6.76. The number of rotatable bonds is 12. The summed E-state index contributed by atoms with van der Waals surface area (Å²) in [7, 11) is 0. The SMILES string of the molecule is c1ccc(COc2ccc3c(OCc4ccccc4)c4ccccc4c(OCc4ccccc4)c3c2OCc2ccccc2)cc1. The zero-order chi connectivity index (χ0) is 31.0. The van der Waals surface area contributed by atoms with Gasteiger partial charge in [-0.1, -0.05) is 146 Å². The van der Waals surface area contributed by atoms with Crippen LogP contribution in [0.1, 0.15) is 22.3 Å². The second-order valence-corrected chi connectivity index (χ2v) is 11.1. The molecule has 0 spiro atoms. The molecule has 0 atom stereocenters. The predicted octanol–water partition coefficient (Wildman–Crippen LogP) is 10.3. The van der Waals surface area contributed by atoms with Gasteiger partial charge in [0.2, 0.25) is 0 Å². The van der Waals surface area contributed by atoms with Crippen LogP contribution in [-0.4, -0.2) is 0 Å². The van der Waals surface area contributed by atoms with Crippen LogP contribution in [0.25, 0.3) is 21.5 Å². The summed E-state index contributed by atoms with van der Waals surface area (Å²) < 4.78 is 26.6. The summed E-state index contributed by atoms with van der Waals surface area (Å²) in [6, 6.07) is 53.1. The molecule has 0 aliphatic carbocycles. The fraction of sp³-hybridized carbons (Fsp3) is 0.0952. The topological polar surface area (TPSA) is 36.9 Å². The van der Waals surface area contributed by atoms with Gasteiger partial charge in [0, 0.05) is 16.2 Å². The average molecular weight is 603 g/mol. The van der Waals surface area contributed by atoms with Gasteiger partial charge in [0.05, 0.1) is 5.39 Å². The lowest BCUT2D eigenvalue weighted by molar-refractivity contribution is 0.257. The number of benzene rings is 7. The van der Waals surface area contributed by atoms with Crippen LogP contribution in [0, 0.1) is 0 Å². The van der Waals surface area contributed by atoms with E-state index >= 15 is 0 Å². The van der Waals surface area contributed by atoms with Crippen LogP contribution in [0.2, 0.25) is 0 Å². The van der Waals surface area contributed by atoms with Crippen molar-refractivity contribution in [2.24, 2.45) is 0 Å². The van der Waals surface area contributed by atoms with Crippen molar-refractivity contribution in [2.45, 2.75) is 26.4 Å². The molecule has 0 saturated carbocycles. The van der Waals surface area contributed by atoms with Gasteiger partial charge >= 0.3 is 0 Å². The molecule has 0 heterocycles. The fourth-order valence-electron chi connectivity index (χ4n) is 5.62. The van der Waals surface area contributed by atoms with Crippen LogP contribution in [0.5, 0.6) is 23.0 Å². The van der Waals surface area contributed by atoms with Crippen molar-refractivity contribution >= 4 is 21.5 Å². The van der Waals surface area contributed by atoms with Gasteiger partial charge in [-0.05, 0) is 34.4 Å². The van der Waals surface area contributed by atoms with Gasteiger partial charge in [-0.25, -0.2) is 0 Å². The highest BCUT2D eigenvalue weighted by atomic mass is 16.5. The molecular formula is C42H34O4. The first-order valence-electron chi connectivity index (χ1n) is 15.5. The summed E-state index contributed by atoms with van der Waals surface area (Å²) in [5, 5.41) is 3.63. The van der Waals surface area contributed by atoms with E-state index in [-0.39, 0.29) is 0 Å². The van der Waals surface area contributed by atoms with E-state index < -0.39 is 0 Å². The summed E-state index contributed by atoms with van der Waals surface area (Å²) in [6.45, 7) is 1.60. The first-order valence-corrected chi connectivity index (χ1v) is 15.5. The third kappa shape index (κ3) is 6.52. The molecule has 4 heteroatoms. The summed E-state index contributed by atoms with van der Waals surface area (Å²) in [5.74, 6) is 2.77. The lowest BCUT2D eigenvalue weighted by Crippen LogP contribution is -2.05. The van der Waals surface area contributed by atoms with E-state index in [0.717, 1.165) is 55.3 Å². The van der Waals surface area contributed by atoms with E-state index in [2.05, 4.69) is 66.7 Å². The van der Waals surface area contributed by atoms with E-state index in [9.17, 15) is 0 Å². The molecule has 0 aromatic heterocycles. The third-order valence-electron chi connectivity index (χ3n) is 7.92. The summed E-state index contributed by atoms with van der Waals surface area (Å²) >= 11 is 0. The highest BCUT2D eigenvalue weighted by Gasteiger charge is 2.23. The minimum absolute atomic E-state index is 0.368. The average Bonchev–Trinajstić information content (AvgIpc) is 3.13. The Morgan fingerprint density at radius 3 is 1.13 bits per heavy atom. The van der Waals surface area contributed by atoms with E-state index in [4.69, 9.17) is 18.9 Å². The van der Waals surface area contributed by atoms with Crippen LogP contribution < -0.4 is 18.9 Å². The van der Waals surface area contributed by atoms with Crippen LogP contribution in [0.15, 0.2) is 158 Å². The van der Waals surface area contributed by atoms with Gasteiger partial charge < -0.3 is 18.9 Å². The minimum Gasteiger partial charge on any atom is -0.488 e. The molecule has 0 unspecified atom stereocenters. The Hall–Kier alpha value is -5.74. The summed E-state index contributed by atoms with van der Waals surface area (Å²) in [6.07, 6.45) is 0. The monoisotopic (exact) mass is 602 g/mol. The molecule has 46 heavy (non-hydrogen) atoms. The van der Waals surface area contributed by atoms with Gasteiger partial charge in [0.25, 0.3) is 0 Å². The van der Waals surface area contributed by atoms with Crippen LogP contribution in [-0.2, 0) is 26.4 Å². The molecule has 7 aromatic rings. The van der Waals surface area contributed by atoms with Crippen molar-refractivity contribution in [3.05, 3.63) is 180 Å². The second-order valence-electron chi connectivity index (χ2n) is 11.1. The third-order valence-corrected chi connectivity index (χ3v) is 7.92. The first kappa shape index (κ1) is 29.0. The number of hydrogen-bond donors (Lipinski definition) is 0. The molecule has 0 aliphatic heterocycles. The predicted molar refractivity (Wildman–Crippen MR) is 185 cm³/mol. The zero-order valence-electron chi connectivity index (χ0n) is 25.5. The molecule has 0 radical (unpaired) electrons. The Bertz CT molecular complexity index is 2030. The maximum Gasteiger partial charge on any atom is 0.173 e. The summed E-state index contributed by atoms with van der Waals surface area (Å²) in [5.41, 5.74) is 4.30. The molecule has 226 valence electrons. The van der Waals surface area contributed by atoms with Crippen molar-refractivity contribution in [3.63, 3.8) is 0 Å². The zero-order valence-corrected chi connectivity index (χ0v) is 25.5. The normalized spacial score (nSPS) is 11.0. The molecular weight excluding hydrogens is 568 g/mol. The first-order chi connectivity index (χ1) is 22.8. The minimum atomic E-state index is 0.368. The van der Waals surface area contributed by atoms with E-state index in [1.165, 1.54) is 0 Å². The van der Waals surface area contributed by atoms with Gasteiger partial charge in [-0.3, -0.25) is 0 Å². The van der Waals surface area contributed by atoms with Crippen LogP contribution in [0.3, 0.4) is 0 Å². The molecule has 0 bridgehead atoms. The molecule has 0 saturated heterocycles. The largest absolute Gasteiger partial charge is 0.488 e. The molecule has 7 aromatic carbocycles. The van der Waals surface area contributed by atoms with Gasteiger partial charge in [0.15, 0.2) is 11.5 Å². The Kier molecular flexibility index (Phi) is 8.77.